The summed E-state index contributed by atoms with van der Waals surface area (Å²) >= 11 is 1.78. The molecule has 2 aromatic rings. The molecule has 0 spiro atoms. The average molecular weight is 301 g/mol. The summed E-state index contributed by atoms with van der Waals surface area (Å²) in [6.45, 7) is 2.05. The first kappa shape index (κ1) is 14.1. The lowest BCUT2D eigenvalue weighted by atomic mass is 9.94. The molecule has 0 bridgehead atoms. The van der Waals surface area contributed by atoms with Gasteiger partial charge in [0.05, 0.1) is 12.7 Å². The molecule has 0 saturated carbocycles. The Morgan fingerprint density at radius 2 is 1.90 bits per heavy atom. The van der Waals surface area contributed by atoms with Gasteiger partial charge in [0.2, 0.25) is 0 Å². The number of anilines is 1. The van der Waals surface area contributed by atoms with Gasteiger partial charge in [0.1, 0.15) is 5.75 Å². The number of carbonyl (C=O) groups is 1. The smallest absolute Gasteiger partial charge is 0.257 e. The second-order valence-electron chi connectivity index (χ2n) is 5.32. The van der Waals surface area contributed by atoms with Crippen molar-refractivity contribution in [1.82, 2.24) is 0 Å². The molecule has 3 rings (SSSR count). The number of amides is 1. The van der Waals surface area contributed by atoms with Crippen LogP contribution < -0.4 is 10.1 Å². The Morgan fingerprint density at radius 3 is 2.62 bits per heavy atom. The van der Waals surface area contributed by atoms with E-state index in [0.717, 1.165) is 34.7 Å². The normalized spacial score (nSPS) is 13.6. The number of aryl methyl sites for hydroxylation is 2. The summed E-state index contributed by atoms with van der Waals surface area (Å²) in [5.74, 6) is 0.800. The number of fused-ring (bicyclic) bond motifs is 1. The molecule has 1 aromatic carbocycles. The van der Waals surface area contributed by atoms with E-state index in [4.69, 9.17) is 4.74 Å². The molecule has 0 aliphatic heterocycles. The zero-order valence-electron chi connectivity index (χ0n) is 12.4. The summed E-state index contributed by atoms with van der Waals surface area (Å²) in [6, 6.07) is 7.44. The van der Waals surface area contributed by atoms with Crippen LogP contribution in [-0.4, -0.2) is 13.0 Å². The standard InChI is InChI=1S/C17H19NO2S/c1-11-16(14-5-3-4-6-15(14)21-11)17(19)18-12-7-9-13(20-2)10-8-12/h7-10H,3-6H2,1-2H3,(H,18,19). The SMILES string of the molecule is COc1ccc(NC(=O)c2c(C)sc3c2CCCC3)cc1. The van der Waals surface area contributed by atoms with Crippen molar-refractivity contribution in [2.45, 2.75) is 32.6 Å². The molecule has 1 heterocycles. The number of thiophene rings is 1. The van der Waals surface area contributed by atoms with Crippen molar-refractivity contribution >= 4 is 22.9 Å². The largest absolute Gasteiger partial charge is 0.497 e. The summed E-state index contributed by atoms with van der Waals surface area (Å²) in [7, 11) is 1.63. The van der Waals surface area contributed by atoms with Gasteiger partial charge in [0, 0.05) is 15.4 Å². The number of carbonyl (C=O) groups excluding carboxylic acids is 1. The van der Waals surface area contributed by atoms with Gasteiger partial charge in [0.15, 0.2) is 0 Å². The van der Waals surface area contributed by atoms with Crippen LogP contribution in [0.25, 0.3) is 0 Å². The molecule has 1 aliphatic rings. The molecule has 0 fully saturated rings. The highest BCUT2D eigenvalue weighted by Crippen LogP contribution is 2.34. The lowest BCUT2D eigenvalue weighted by molar-refractivity contribution is 0.102. The third-order valence-electron chi connectivity index (χ3n) is 3.92. The fourth-order valence-electron chi connectivity index (χ4n) is 2.87. The van der Waals surface area contributed by atoms with Gasteiger partial charge in [-0.2, -0.15) is 0 Å². The minimum Gasteiger partial charge on any atom is -0.497 e. The minimum atomic E-state index is 0.0112. The summed E-state index contributed by atoms with van der Waals surface area (Å²) in [5.41, 5.74) is 2.97. The van der Waals surface area contributed by atoms with Crippen molar-refractivity contribution in [3.63, 3.8) is 0 Å². The molecule has 0 unspecified atom stereocenters. The van der Waals surface area contributed by atoms with Crippen molar-refractivity contribution in [3.05, 3.63) is 45.1 Å². The van der Waals surface area contributed by atoms with E-state index in [2.05, 4.69) is 5.32 Å². The van der Waals surface area contributed by atoms with Gasteiger partial charge in [0.25, 0.3) is 5.91 Å². The van der Waals surface area contributed by atoms with E-state index in [0.29, 0.717) is 0 Å². The number of ether oxygens (including phenoxy) is 1. The van der Waals surface area contributed by atoms with Crippen molar-refractivity contribution in [1.29, 1.82) is 0 Å². The van der Waals surface area contributed by atoms with E-state index in [1.165, 1.54) is 23.3 Å². The maximum Gasteiger partial charge on any atom is 0.257 e. The van der Waals surface area contributed by atoms with Crippen LogP contribution in [0.2, 0.25) is 0 Å². The average Bonchev–Trinajstić information content (AvgIpc) is 2.83. The van der Waals surface area contributed by atoms with E-state index < -0.39 is 0 Å². The highest BCUT2D eigenvalue weighted by Gasteiger charge is 2.23. The molecule has 0 radical (unpaired) electrons. The van der Waals surface area contributed by atoms with E-state index in [1.807, 2.05) is 31.2 Å². The van der Waals surface area contributed by atoms with Gasteiger partial charge in [-0.1, -0.05) is 0 Å². The van der Waals surface area contributed by atoms with Gasteiger partial charge in [-0.3, -0.25) is 4.79 Å². The van der Waals surface area contributed by atoms with Gasteiger partial charge >= 0.3 is 0 Å². The molecule has 110 valence electrons. The Labute approximate surface area is 129 Å². The zero-order valence-corrected chi connectivity index (χ0v) is 13.2. The van der Waals surface area contributed by atoms with Crippen molar-refractivity contribution < 1.29 is 9.53 Å². The van der Waals surface area contributed by atoms with Gasteiger partial charge < -0.3 is 10.1 Å². The van der Waals surface area contributed by atoms with E-state index >= 15 is 0 Å². The Morgan fingerprint density at radius 1 is 1.19 bits per heavy atom. The van der Waals surface area contributed by atoms with Crippen LogP contribution in [0.3, 0.4) is 0 Å². The first-order valence-electron chi connectivity index (χ1n) is 7.25. The van der Waals surface area contributed by atoms with Crippen molar-refractivity contribution in [3.8, 4) is 5.75 Å². The second kappa shape index (κ2) is 5.90. The highest BCUT2D eigenvalue weighted by molar-refractivity contribution is 7.12. The van der Waals surface area contributed by atoms with Crippen molar-refractivity contribution in [2.75, 3.05) is 12.4 Å². The Bertz CT molecular complexity index is 658. The Balaban J connectivity index is 1.83. The first-order valence-corrected chi connectivity index (χ1v) is 8.07. The van der Waals surface area contributed by atoms with Gasteiger partial charge in [-0.15, -0.1) is 11.3 Å². The van der Waals surface area contributed by atoms with E-state index in [-0.39, 0.29) is 5.91 Å². The zero-order chi connectivity index (χ0) is 14.8. The fraction of sp³-hybridized carbons (Fsp3) is 0.353. The minimum absolute atomic E-state index is 0.0112. The summed E-state index contributed by atoms with van der Waals surface area (Å²) in [4.78, 5) is 15.1. The van der Waals surface area contributed by atoms with Crippen LogP contribution in [-0.2, 0) is 12.8 Å². The summed E-state index contributed by atoms with van der Waals surface area (Å²) in [6.07, 6.45) is 4.58. The summed E-state index contributed by atoms with van der Waals surface area (Å²) < 4.78 is 5.13. The van der Waals surface area contributed by atoms with Crippen LogP contribution in [0, 0.1) is 6.92 Å². The molecule has 0 saturated heterocycles. The summed E-state index contributed by atoms with van der Waals surface area (Å²) in [5, 5.41) is 3.00. The maximum atomic E-state index is 12.6. The van der Waals surface area contributed by atoms with Gasteiger partial charge in [-0.05, 0) is 62.4 Å². The lowest BCUT2D eigenvalue weighted by Crippen LogP contribution is -2.15. The topological polar surface area (TPSA) is 38.3 Å². The highest BCUT2D eigenvalue weighted by atomic mass is 32.1. The molecule has 4 heteroatoms. The number of nitrogens with one attached hydrogen (secondary N) is 1. The quantitative estimate of drug-likeness (QED) is 0.923. The van der Waals surface area contributed by atoms with E-state index in [1.54, 1.807) is 18.4 Å². The number of benzene rings is 1. The van der Waals surface area contributed by atoms with Gasteiger partial charge in [-0.25, -0.2) is 0 Å². The first-order chi connectivity index (χ1) is 10.2. The number of hydrogen-bond acceptors (Lipinski definition) is 3. The van der Waals surface area contributed by atoms with E-state index in [9.17, 15) is 4.79 Å². The maximum absolute atomic E-state index is 12.6. The monoisotopic (exact) mass is 301 g/mol. The lowest BCUT2D eigenvalue weighted by Gasteiger charge is -2.13. The van der Waals surface area contributed by atoms with Crippen LogP contribution in [0.15, 0.2) is 24.3 Å². The number of rotatable bonds is 3. The molecular weight excluding hydrogens is 282 g/mol. The third kappa shape index (κ3) is 2.81. The Hall–Kier alpha value is -1.81. The molecule has 1 N–H and O–H groups in total. The predicted octanol–water partition coefficient (Wildman–Crippen LogP) is 4.20. The molecule has 1 aromatic heterocycles. The molecule has 1 aliphatic carbocycles. The predicted molar refractivity (Wildman–Crippen MR) is 86.6 cm³/mol. The number of methoxy groups -OCH3 is 1. The van der Waals surface area contributed by atoms with Crippen molar-refractivity contribution in [2.24, 2.45) is 0 Å². The Kier molecular flexibility index (Phi) is 3.97. The third-order valence-corrected chi connectivity index (χ3v) is 5.13. The molecule has 3 nitrogen and oxygen atoms in total. The molecular formula is C17H19NO2S. The molecule has 1 amide bonds. The van der Waals surface area contributed by atoms with Crippen LogP contribution in [0.5, 0.6) is 5.75 Å². The van der Waals surface area contributed by atoms with Crippen LogP contribution >= 0.6 is 11.3 Å². The fourth-order valence-corrected chi connectivity index (χ4v) is 4.13. The van der Waals surface area contributed by atoms with Crippen LogP contribution in [0.1, 0.15) is 38.5 Å². The number of hydrogen-bond donors (Lipinski definition) is 1. The van der Waals surface area contributed by atoms with Crippen LogP contribution in [0.4, 0.5) is 5.69 Å². The molecule has 21 heavy (non-hydrogen) atoms. The second-order valence-corrected chi connectivity index (χ2v) is 6.63. The molecule has 0 atom stereocenters.